The van der Waals surface area contributed by atoms with Gasteiger partial charge in [0.1, 0.15) is 12.7 Å². The highest BCUT2D eigenvalue weighted by Crippen LogP contribution is 2.18. The predicted octanol–water partition coefficient (Wildman–Crippen LogP) is 1.73. The summed E-state index contributed by atoms with van der Waals surface area (Å²) < 4.78 is 0. The zero-order valence-electron chi connectivity index (χ0n) is 10.5. The van der Waals surface area contributed by atoms with Crippen LogP contribution in [0, 0.1) is 13.8 Å². The van der Waals surface area contributed by atoms with Gasteiger partial charge in [0.2, 0.25) is 0 Å². The summed E-state index contributed by atoms with van der Waals surface area (Å²) in [5.41, 5.74) is 3.58. The minimum absolute atomic E-state index is 0.833. The normalized spacial score (nSPS) is 13.2. The summed E-state index contributed by atoms with van der Waals surface area (Å²) in [5.74, 6) is 0. The largest absolute Gasteiger partial charge is 0.290 e. The predicted molar refractivity (Wildman–Crippen MR) is 75.1 cm³/mol. The number of aliphatic imine (C=N–C) groups is 3. The number of thiazole rings is 1. The number of hydroxylamine groups is 1. The van der Waals surface area contributed by atoms with Crippen molar-refractivity contribution in [1.82, 2.24) is 10.5 Å². The van der Waals surface area contributed by atoms with Crippen molar-refractivity contribution in [3.63, 3.8) is 0 Å². The maximum absolute atomic E-state index is 8.23. The zero-order chi connectivity index (χ0) is 13.4. The molecule has 7 heteroatoms. The van der Waals surface area contributed by atoms with Gasteiger partial charge in [0.05, 0.1) is 21.3 Å². The quantitative estimate of drug-likeness (QED) is 0.483. The number of aryl methyl sites for hydroxylation is 2. The van der Waals surface area contributed by atoms with Crippen molar-refractivity contribution < 1.29 is 5.21 Å². The molecule has 0 aliphatic rings. The second-order valence-electron chi connectivity index (χ2n) is 3.24. The highest BCUT2D eigenvalue weighted by Gasteiger charge is 2.08. The number of nitrogens with one attached hydrogen (secondary N) is 1. The monoisotopic (exact) mass is 265 g/mol. The van der Waals surface area contributed by atoms with E-state index in [9.17, 15) is 0 Å². The van der Waals surface area contributed by atoms with E-state index in [1.165, 1.54) is 6.34 Å². The van der Waals surface area contributed by atoms with E-state index in [0.717, 1.165) is 27.6 Å². The molecule has 6 nitrogen and oxygen atoms in total. The lowest BCUT2D eigenvalue weighted by Crippen LogP contribution is -2.01. The Labute approximate surface area is 110 Å². The molecule has 18 heavy (non-hydrogen) atoms. The van der Waals surface area contributed by atoms with Crippen LogP contribution in [-0.4, -0.2) is 35.6 Å². The first-order chi connectivity index (χ1) is 8.69. The third-order valence-corrected chi connectivity index (χ3v) is 3.06. The van der Waals surface area contributed by atoms with Gasteiger partial charge < -0.3 is 0 Å². The number of hydrogen-bond acceptors (Lipinski definition) is 5. The Morgan fingerprint density at radius 2 is 2.17 bits per heavy atom. The van der Waals surface area contributed by atoms with Crippen LogP contribution in [-0.2, 0) is 0 Å². The Morgan fingerprint density at radius 3 is 2.72 bits per heavy atom. The number of allylic oxidation sites excluding steroid dienone is 1. The molecule has 0 aliphatic carbocycles. The van der Waals surface area contributed by atoms with E-state index in [-0.39, 0.29) is 0 Å². The summed E-state index contributed by atoms with van der Waals surface area (Å²) in [7, 11) is 1.73. The van der Waals surface area contributed by atoms with Crippen LogP contribution in [0.25, 0.3) is 0 Å². The number of aromatic nitrogens is 1. The molecule has 1 aromatic rings. The average molecular weight is 265 g/mol. The van der Waals surface area contributed by atoms with Gasteiger partial charge in [-0.2, -0.15) is 0 Å². The summed E-state index contributed by atoms with van der Waals surface area (Å²) in [5, 5.41) is 9.24. The summed E-state index contributed by atoms with van der Waals surface area (Å²) in [6.07, 6.45) is 5.80. The highest BCUT2D eigenvalue weighted by molar-refractivity contribution is 7.14. The van der Waals surface area contributed by atoms with Crippen molar-refractivity contribution >= 4 is 29.7 Å². The van der Waals surface area contributed by atoms with Crippen molar-refractivity contribution in [2.45, 2.75) is 13.8 Å². The first-order valence-corrected chi connectivity index (χ1v) is 6.01. The minimum Gasteiger partial charge on any atom is -0.290 e. The summed E-state index contributed by atoms with van der Waals surface area (Å²) in [4.78, 5) is 17.1. The second kappa shape index (κ2) is 7.46. The molecule has 0 radical (unpaired) electrons. The first kappa shape index (κ1) is 14.2. The third kappa shape index (κ3) is 4.19. The molecule has 1 rings (SSSR count). The molecule has 0 unspecified atom stereocenters. The Balaban J connectivity index is 2.75. The zero-order valence-corrected chi connectivity index (χ0v) is 11.3. The molecule has 2 N–H and O–H groups in total. The van der Waals surface area contributed by atoms with Gasteiger partial charge in [-0.25, -0.2) is 15.0 Å². The Bertz CT molecular complexity index is 502. The molecular formula is C11H15N5OS. The molecule has 0 saturated heterocycles. The van der Waals surface area contributed by atoms with E-state index in [1.807, 2.05) is 13.8 Å². The molecule has 0 bridgehead atoms. The summed E-state index contributed by atoms with van der Waals surface area (Å²) >= 11 is 1.60. The van der Waals surface area contributed by atoms with Crippen molar-refractivity contribution in [1.29, 1.82) is 0 Å². The average Bonchev–Trinajstić information content (AvgIpc) is 2.68. The lowest BCUT2D eigenvalue weighted by atomic mass is 10.2. The first-order valence-electron chi connectivity index (χ1n) is 5.19. The van der Waals surface area contributed by atoms with E-state index in [4.69, 9.17) is 5.21 Å². The van der Waals surface area contributed by atoms with Crippen molar-refractivity contribution in [2.24, 2.45) is 15.0 Å². The van der Waals surface area contributed by atoms with Crippen LogP contribution in [0.4, 0.5) is 0 Å². The minimum atomic E-state index is 0.833. The standard InChI is InChI=1S/C11H15N5OS/c1-8-11(18-9(2)16-8)10(12-3)4-5-13-6-14-7-15-17/h4-7,17H,1-3H3,(H,13,14,15)/b5-4-,12-10?. The summed E-state index contributed by atoms with van der Waals surface area (Å²) in [6, 6.07) is 0. The van der Waals surface area contributed by atoms with E-state index in [1.54, 1.807) is 36.1 Å². The van der Waals surface area contributed by atoms with E-state index in [2.05, 4.69) is 20.0 Å². The van der Waals surface area contributed by atoms with Crippen LogP contribution in [0.3, 0.4) is 0 Å². The van der Waals surface area contributed by atoms with E-state index < -0.39 is 0 Å². The molecule has 0 amide bonds. The fourth-order valence-corrected chi connectivity index (χ4v) is 2.21. The van der Waals surface area contributed by atoms with Gasteiger partial charge in [0.15, 0.2) is 0 Å². The fourth-order valence-electron chi connectivity index (χ4n) is 1.28. The van der Waals surface area contributed by atoms with Crippen LogP contribution in [0.2, 0.25) is 0 Å². The maximum Gasteiger partial charge on any atom is 0.117 e. The van der Waals surface area contributed by atoms with Gasteiger partial charge in [-0.1, -0.05) is 0 Å². The highest BCUT2D eigenvalue weighted by atomic mass is 32.1. The van der Waals surface area contributed by atoms with Crippen LogP contribution >= 0.6 is 11.3 Å². The lowest BCUT2D eigenvalue weighted by Gasteiger charge is -1.95. The van der Waals surface area contributed by atoms with Crippen LogP contribution in [0.1, 0.15) is 15.6 Å². The van der Waals surface area contributed by atoms with Gasteiger partial charge in [-0.15, -0.1) is 11.3 Å². The molecule has 0 atom stereocenters. The van der Waals surface area contributed by atoms with Gasteiger partial charge >= 0.3 is 0 Å². The number of hydrogen-bond donors (Lipinski definition) is 2. The van der Waals surface area contributed by atoms with Crippen molar-refractivity contribution in [3.8, 4) is 0 Å². The molecule has 0 aromatic carbocycles. The molecule has 0 saturated carbocycles. The van der Waals surface area contributed by atoms with Crippen molar-refractivity contribution in [2.75, 3.05) is 7.05 Å². The van der Waals surface area contributed by atoms with E-state index in [0.29, 0.717) is 0 Å². The Kier molecular flexibility index (Phi) is 5.89. The molecule has 1 aromatic heterocycles. The molecule has 0 fully saturated rings. The van der Waals surface area contributed by atoms with Gasteiger partial charge in [0.25, 0.3) is 0 Å². The SMILES string of the molecule is CN=C(/C=C\N=CN=CNO)c1sc(C)nc1C. The molecular weight excluding hydrogens is 250 g/mol. The fraction of sp³-hybridized carbons (Fsp3) is 0.273. The maximum atomic E-state index is 8.23. The van der Waals surface area contributed by atoms with Crippen LogP contribution in [0.15, 0.2) is 27.3 Å². The second-order valence-corrected chi connectivity index (χ2v) is 4.45. The van der Waals surface area contributed by atoms with Gasteiger partial charge in [0, 0.05) is 13.2 Å². The molecule has 0 spiro atoms. The Hall–Kier alpha value is -1.86. The molecule has 96 valence electrons. The molecule has 0 aliphatic heterocycles. The smallest absolute Gasteiger partial charge is 0.117 e. The van der Waals surface area contributed by atoms with E-state index >= 15 is 0 Å². The Morgan fingerprint density at radius 1 is 1.39 bits per heavy atom. The lowest BCUT2D eigenvalue weighted by molar-refractivity contribution is 0.240. The van der Waals surface area contributed by atoms with Crippen LogP contribution < -0.4 is 5.48 Å². The topological polar surface area (TPSA) is 82.2 Å². The third-order valence-electron chi connectivity index (χ3n) is 1.96. The van der Waals surface area contributed by atoms with Gasteiger partial charge in [-0.05, 0) is 19.9 Å². The van der Waals surface area contributed by atoms with Crippen LogP contribution in [0.5, 0.6) is 0 Å². The summed E-state index contributed by atoms with van der Waals surface area (Å²) in [6.45, 7) is 3.92. The number of nitrogens with zero attached hydrogens (tertiary/aromatic N) is 4. The van der Waals surface area contributed by atoms with Gasteiger partial charge in [-0.3, -0.25) is 15.7 Å². The van der Waals surface area contributed by atoms with Crippen molar-refractivity contribution in [3.05, 3.63) is 27.9 Å². The molecule has 1 heterocycles. The number of rotatable bonds is 5.